The fourth-order valence-electron chi connectivity index (χ4n) is 1.66. The number of halogens is 2. The number of rotatable bonds is 4. The minimum absolute atomic E-state index is 0. The van der Waals surface area contributed by atoms with Crippen molar-refractivity contribution in [2.75, 3.05) is 38.6 Å². The molecule has 1 fully saturated rings. The molecular weight excluding hydrogens is 279 g/mol. The summed E-state index contributed by atoms with van der Waals surface area (Å²) in [5, 5.41) is 1.75. The van der Waals surface area contributed by atoms with Gasteiger partial charge in [-0.05, 0) is 12.1 Å². The van der Waals surface area contributed by atoms with E-state index in [4.69, 9.17) is 16.3 Å². The zero-order valence-corrected chi connectivity index (χ0v) is 11.8. The molecule has 0 spiro atoms. The van der Waals surface area contributed by atoms with Crippen LogP contribution in [0, 0.1) is 0 Å². The molecule has 3 nitrogen and oxygen atoms in total. The molecule has 6 heteroatoms. The number of nitrogens with one attached hydrogen (secondary N) is 1. The average Bonchev–Trinajstić information content (AvgIpc) is 2.33. The smallest absolute Gasteiger partial charge is 0.101 e. The Bertz CT molecular complexity index is 318. The molecule has 0 radical (unpaired) electrons. The summed E-state index contributed by atoms with van der Waals surface area (Å²) >= 11 is 7.57. The molecule has 2 rings (SSSR count). The second kappa shape index (κ2) is 8.16. The standard InChI is InChI=1S/C11H15ClN2OS.ClH/c12-10-1-2-11(13-9-10)16-8-5-14-3-6-15-7-4-14;/h1-2,9H,3-8H2;1H. The van der Waals surface area contributed by atoms with Crippen LogP contribution in [0.4, 0.5) is 0 Å². The summed E-state index contributed by atoms with van der Waals surface area (Å²) in [6.07, 6.45) is 1.70. The predicted molar refractivity (Wildman–Crippen MR) is 66.4 cm³/mol. The van der Waals surface area contributed by atoms with Gasteiger partial charge in [-0.1, -0.05) is 11.6 Å². The van der Waals surface area contributed by atoms with Crippen LogP contribution in [0.25, 0.3) is 0 Å². The van der Waals surface area contributed by atoms with E-state index in [0.717, 1.165) is 37.1 Å². The summed E-state index contributed by atoms with van der Waals surface area (Å²) in [5.74, 6) is 1.10. The number of thioether (sulfide) groups is 1. The van der Waals surface area contributed by atoms with Gasteiger partial charge in [-0.3, -0.25) is 0 Å². The molecule has 0 bridgehead atoms. The van der Waals surface area contributed by atoms with Crippen molar-refractivity contribution < 1.29 is 22.0 Å². The third-order valence-electron chi connectivity index (χ3n) is 2.61. The van der Waals surface area contributed by atoms with Gasteiger partial charge in [0.05, 0.1) is 29.8 Å². The Labute approximate surface area is 117 Å². The lowest BCUT2D eigenvalue weighted by Crippen LogP contribution is -3.14. The maximum absolute atomic E-state index is 5.78. The number of pyridine rings is 1. The van der Waals surface area contributed by atoms with Crippen molar-refractivity contribution in [3.63, 3.8) is 0 Å². The highest BCUT2D eigenvalue weighted by Crippen LogP contribution is 2.15. The maximum Gasteiger partial charge on any atom is 0.101 e. The largest absolute Gasteiger partial charge is 1.00 e. The zero-order chi connectivity index (χ0) is 11.2. The molecule has 96 valence electrons. The van der Waals surface area contributed by atoms with Crippen LogP contribution in [0.5, 0.6) is 0 Å². The average molecular weight is 295 g/mol. The fraction of sp³-hybridized carbons (Fsp3) is 0.545. The molecule has 0 saturated carbocycles. The third kappa shape index (κ3) is 5.44. The van der Waals surface area contributed by atoms with Crippen LogP contribution < -0.4 is 17.3 Å². The molecule has 1 aromatic rings. The van der Waals surface area contributed by atoms with Crippen molar-refractivity contribution in [2.24, 2.45) is 0 Å². The van der Waals surface area contributed by atoms with Gasteiger partial charge in [-0.2, -0.15) is 0 Å². The topological polar surface area (TPSA) is 26.6 Å². The predicted octanol–water partition coefficient (Wildman–Crippen LogP) is -2.25. The highest BCUT2D eigenvalue weighted by atomic mass is 35.5. The van der Waals surface area contributed by atoms with Crippen LogP contribution in [0.2, 0.25) is 5.02 Å². The molecule has 0 atom stereocenters. The molecule has 1 aromatic heterocycles. The second-order valence-electron chi connectivity index (χ2n) is 3.78. The Morgan fingerprint density at radius 2 is 2.12 bits per heavy atom. The summed E-state index contributed by atoms with van der Waals surface area (Å²) in [6.45, 7) is 5.25. The maximum atomic E-state index is 5.78. The van der Waals surface area contributed by atoms with E-state index >= 15 is 0 Å². The van der Waals surface area contributed by atoms with Gasteiger partial charge < -0.3 is 22.0 Å². The Morgan fingerprint density at radius 1 is 1.35 bits per heavy atom. The summed E-state index contributed by atoms with van der Waals surface area (Å²) in [6, 6.07) is 3.86. The van der Waals surface area contributed by atoms with Crippen molar-refractivity contribution in [3.05, 3.63) is 23.4 Å². The molecule has 17 heavy (non-hydrogen) atoms. The van der Waals surface area contributed by atoms with Gasteiger partial charge in [0.2, 0.25) is 0 Å². The number of nitrogens with zero attached hydrogens (tertiary/aromatic N) is 1. The van der Waals surface area contributed by atoms with E-state index in [0.29, 0.717) is 5.02 Å². The molecule has 2 heterocycles. The van der Waals surface area contributed by atoms with Crippen LogP contribution >= 0.6 is 23.4 Å². The molecule has 1 N–H and O–H groups in total. The molecule has 0 aromatic carbocycles. The fourth-order valence-corrected chi connectivity index (χ4v) is 2.66. The highest BCUT2D eigenvalue weighted by molar-refractivity contribution is 7.99. The van der Waals surface area contributed by atoms with Crippen LogP contribution in [-0.2, 0) is 4.74 Å². The van der Waals surface area contributed by atoms with Crippen LogP contribution in [0.1, 0.15) is 0 Å². The highest BCUT2D eigenvalue weighted by Gasteiger charge is 2.12. The summed E-state index contributed by atoms with van der Waals surface area (Å²) in [7, 11) is 0. The van der Waals surface area contributed by atoms with Gasteiger partial charge in [0.1, 0.15) is 13.1 Å². The number of ether oxygens (including phenoxy) is 1. The Balaban J connectivity index is 0.00000144. The Kier molecular flexibility index (Phi) is 7.23. The quantitative estimate of drug-likeness (QED) is 0.636. The van der Waals surface area contributed by atoms with Gasteiger partial charge >= 0.3 is 0 Å². The van der Waals surface area contributed by atoms with Gasteiger partial charge in [-0.25, -0.2) is 4.98 Å². The van der Waals surface area contributed by atoms with Gasteiger partial charge in [-0.15, -0.1) is 11.8 Å². The number of quaternary nitrogens is 1. The number of aromatic nitrogens is 1. The lowest BCUT2D eigenvalue weighted by Gasteiger charge is -2.23. The molecule has 1 aliphatic heterocycles. The van der Waals surface area contributed by atoms with Crippen molar-refractivity contribution in [3.8, 4) is 0 Å². The third-order valence-corrected chi connectivity index (χ3v) is 3.77. The minimum atomic E-state index is 0. The van der Waals surface area contributed by atoms with Crippen molar-refractivity contribution in [1.82, 2.24) is 4.98 Å². The summed E-state index contributed by atoms with van der Waals surface area (Å²) < 4.78 is 5.32. The number of hydrogen-bond acceptors (Lipinski definition) is 3. The van der Waals surface area contributed by atoms with Crippen LogP contribution in [0.15, 0.2) is 23.4 Å². The second-order valence-corrected chi connectivity index (χ2v) is 5.33. The molecule has 1 aliphatic rings. The van der Waals surface area contributed by atoms with Crippen molar-refractivity contribution >= 4 is 23.4 Å². The van der Waals surface area contributed by atoms with E-state index in [-0.39, 0.29) is 12.4 Å². The molecular formula is C11H16Cl2N2OS. The Morgan fingerprint density at radius 3 is 2.76 bits per heavy atom. The first kappa shape index (κ1) is 15.1. The Hall–Kier alpha value is -0.000000000000000111. The molecule has 0 aliphatic carbocycles. The monoisotopic (exact) mass is 294 g/mol. The lowest BCUT2D eigenvalue weighted by molar-refractivity contribution is -0.905. The van der Waals surface area contributed by atoms with E-state index in [1.54, 1.807) is 22.9 Å². The molecule has 0 unspecified atom stereocenters. The van der Waals surface area contributed by atoms with Gasteiger partial charge in [0.25, 0.3) is 0 Å². The first-order chi connectivity index (χ1) is 7.84. The SMILES string of the molecule is Clc1ccc(SCC[NH+]2CCOCC2)nc1.[Cl-]. The van der Waals surface area contributed by atoms with Gasteiger partial charge in [0.15, 0.2) is 0 Å². The summed E-state index contributed by atoms with van der Waals surface area (Å²) in [5.41, 5.74) is 0. The van der Waals surface area contributed by atoms with Crippen LogP contribution in [-0.4, -0.2) is 43.6 Å². The zero-order valence-electron chi connectivity index (χ0n) is 9.49. The van der Waals surface area contributed by atoms with Crippen LogP contribution in [0.3, 0.4) is 0 Å². The van der Waals surface area contributed by atoms with Crippen molar-refractivity contribution in [1.29, 1.82) is 0 Å². The van der Waals surface area contributed by atoms with E-state index in [1.165, 1.54) is 6.54 Å². The number of morpholine rings is 1. The van der Waals surface area contributed by atoms with E-state index in [9.17, 15) is 0 Å². The normalized spacial score (nSPS) is 16.5. The van der Waals surface area contributed by atoms with E-state index < -0.39 is 0 Å². The summed E-state index contributed by atoms with van der Waals surface area (Å²) in [4.78, 5) is 5.89. The van der Waals surface area contributed by atoms with Gasteiger partial charge in [0, 0.05) is 11.9 Å². The first-order valence-electron chi connectivity index (χ1n) is 5.50. The minimum Gasteiger partial charge on any atom is -1.00 e. The first-order valence-corrected chi connectivity index (χ1v) is 6.86. The van der Waals surface area contributed by atoms with Crippen molar-refractivity contribution in [2.45, 2.75) is 5.03 Å². The lowest BCUT2D eigenvalue weighted by atomic mass is 10.4. The van der Waals surface area contributed by atoms with E-state index in [2.05, 4.69) is 4.98 Å². The molecule has 0 amide bonds. The number of hydrogen-bond donors (Lipinski definition) is 1. The molecule has 1 saturated heterocycles. The van der Waals surface area contributed by atoms with E-state index in [1.807, 2.05) is 12.1 Å².